The molecule has 134 valence electrons. The van der Waals surface area contributed by atoms with Crippen molar-refractivity contribution in [3.05, 3.63) is 18.2 Å². The molecule has 2 atom stereocenters. The smallest absolute Gasteiger partial charge is 0.334 e. The quantitative estimate of drug-likeness (QED) is 0.424. The molecule has 0 radical (unpaired) electrons. The van der Waals surface area contributed by atoms with Crippen LogP contribution in [0.15, 0.2) is 12.4 Å². The van der Waals surface area contributed by atoms with Gasteiger partial charge in [-0.3, -0.25) is 4.79 Å². The molecular weight excluding hydrogens is 320 g/mol. The summed E-state index contributed by atoms with van der Waals surface area (Å²) in [5.41, 5.74) is 0. The molecule has 2 amide bonds. The number of urea groups is 1. The highest BCUT2D eigenvalue weighted by Crippen LogP contribution is 2.13. The molecule has 2 unspecified atom stereocenters. The summed E-state index contributed by atoms with van der Waals surface area (Å²) in [4.78, 5) is 42.0. The molecule has 10 nitrogen and oxygen atoms in total. The van der Waals surface area contributed by atoms with Crippen molar-refractivity contribution in [1.29, 1.82) is 0 Å². The fourth-order valence-electron chi connectivity index (χ4n) is 2.07. The van der Waals surface area contributed by atoms with Crippen LogP contribution in [-0.4, -0.2) is 67.4 Å². The van der Waals surface area contributed by atoms with Gasteiger partial charge in [0, 0.05) is 18.9 Å². The Bertz CT molecular complexity index is 560. The molecule has 0 saturated heterocycles. The summed E-state index contributed by atoms with van der Waals surface area (Å²) in [6, 6.07) is -1.58. The zero-order valence-electron chi connectivity index (χ0n) is 13.5. The zero-order valence-corrected chi connectivity index (χ0v) is 13.5. The van der Waals surface area contributed by atoms with Gasteiger partial charge in [-0.05, 0) is 5.92 Å². The zero-order chi connectivity index (χ0) is 18.3. The predicted octanol–water partition coefficient (Wildman–Crippen LogP) is 0.0386. The summed E-state index contributed by atoms with van der Waals surface area (Å²) in [6.07, 6.45) is 0.805. The van der Waals surface area contributed by atoms with E-state index in [1.165, 1.54) is 12.4 Å². The largest absolute Gasteiger partial charge is 0.481 e. The van der Waals surface area contributed by atoms with Crippen molar-refractivity contribution in [3.8, 4) is 0 Å². The van der Waals surface area contributed by atoms with Crippen LogP contribution in [0.4, 0.5) is 4.79 Å². The predicted molar refractivity (Wildman–Crippen MR) is 82.2 cm³/mol. The molecule has 1 aromatic heterocycles. The number of aliphatic hydroxyl groups is 1. The molecule has 1 aromatic rings. The van der Waals surface area contributed by atoms with Gasteiger partial charge in [-0.1, -0.05) is 13.8 Å². The summed E-state index contributed by atoms with van der Waals surface area (Å²) in [6.45, 7) is 3.45. The van der Waals surface area contributed by atoms with E-state index in [0.717, 1.165) is 4.90 Å². The van der Waals surface area contributed by atoms with Crippen LogP contribution in [0.1, 0.15) is 32.1 Å². The number of nitrogens with zero attached hydrogens (tertiary/aromatic N) is 2. The molecule has 0 fully saturated rings. The third kappa shape index (κ3) is 6.24. The highest BCUT2D eigenvalue weighted by Gasteiger charge is 2.26. The van der Waals surface area contributed by atoms with Gasteiger partial charge in [0.25, 0.3) is 0 Å². The number of hydrogen-bond donors (Lipinski definition) is 5. The number of hydrogen-bond acceptors (Lipinski definition) is 5. The third-order valence-electron chi connectivity index (χ3n) is 3.08. The summed E-state index contributed by atoms with van der Waals surface area (Å²) in [5.74, 6) is -2.27. The lowest BCUT2D eigenvalue weighted by Gasteiger charge is -2.27. The molecule has 10 heteroatoms. The van der Waals surface area contributed by atoms with Crippen LogP contribution in [0.25, 0.3) is 0 Å². The Hall–Kier alpha value is -2.62. The maximum Gasteiger partial charge on any atom is 0.334 e. The number of aliphatic hydroxyl groups excluding tert-OH is 1. The number of aliphatic carboxylic acids is 2. The molecule has 24 heavy (non-hydrogen) atoms. The van der Waals surface area contributed by atoms with Crippen LogP contribution >= 0.6 is 0 Å². The molecule has 0 aliphatic carbocycles. The number of carboxylic acids is 2. The highest BCUT2D eigenvalue weighted by atomic mass is 16.4. The number of carbonyl (C=O) groups is 3. The van der Waals surface area contributed by atoms with Crippen LogP contribution < -0.4 is 5.32 Å². The Labute approximate surface area is 138 Å². The van der Waals surface area contributed by atoms with Crippen LogP contribution in [0.5, 0.6) is 0 Å². The average Bonchev–Trinajstić information content (AvgIpc) is 2.98. The van der Waals surface area contributed by atoms with Gasteiger partial charge < -0.3 is 30.5 Å². The Morgan fingerprint density at radius 1 is 1.29 bits per heavy atom. The topological polar surface area (TPSA) is 156 Å². The fraction of sp³-hybridized carbons (Fsp3) is 0.571. The fourth-order valence-corrected chi connectivity index (χ4v) is 2.07. The molecule has 0 saturated carbocycles. The molecule has 0 aromatic carbocycles. The van der Waals surface area contributed by atoms with Gasteiger partial charge in [0.2, 0.25) is 0 Å². The van der Waals surface area contributed by atoms with Crippen LogP contribution in [0.2, 0.25) is 0 Å². The monoisotopic (exact) mass is 342 g/mol. The van der Waals surface area contributed by atoms with Gasteiger partial charge >= 0.3 is 18.0 Å². The van der Waals surface area contributed by atoms with E-state index in [4.69, 9.17) is 10.2 Å². The van der Waals surface area contributed by atoms with E-state index in [0.29, 0.717) is 0 Å². The van der Waals surface area contributed by atoms with Crippen molar-refractivity contribution < 1.29 is 29.7 Å². The first-order valence-electron chi connectivity index (χ1n) is 7.38. The standard InChI is InChI=1S/C14H22N4O6/c1-8(2)6-18(7-10(19)13(22)23)14(24)17-9(5-11(20)21)12-15-3-4-16-12/h3-4,8-10,19H,5-7H2,1-2H3,(H,15,16)(H,17,24)(H,20,21)(H,22,23). The van der Waals surface area contributed by atoms with Gasteiger partial charge in [0.1, 0.15) is 5.82 Å². The van der Waals surface area contributed by atoms with E-state index in [9.17, 15) is 19.5 Å². The minimum absolute atomic E-state index is 0.0262. The number of H-pyrrole nitrogens is 1. The van der Waals surface area contributed by atoms with E-state index in [2.05, 4.69) is 15.3 Å². The van der Waals surface area contributed by atoms with Crippen molar-refractivity contribution >= 4 is 18.0 Å². The van der Waals surface area contributed by atoms with E-state index in [1.807, 2.05) is 13.8 Å². The summed E-state index contributed by atoms with van der Waals surface area (Å²) in [5, 5.41) is 29.8. The number of amides is 2. The first kappa shape index (κ1) is 19.4. The Morgan fingerprint density at radius 3 is 2.42 bits per heavy atom. The number of imidazole rings is 1. The lowest BCUT2D eigenvalue weighted by molar-refractivity contribution is -0.147. The molecule has 0 spiro atoms. The van der Waals surface area contributed by atoms with Gasteiger partial charge in [-0.15, -0.1) is 0 Å². The second kappa shape index (κ2) is 8.87. The van der Waals surface area contributed by atoms with Crippen molar-refractivity contribution in [2.75, 3.05) is 13.1 Å². The molecule has 0 bridgehead atoms. The van der Waals surface area contributed by atoms with Crippen LogP contribution in [0, 0.1) is 5.92 Å². The highest BCUT2D eigenvalue weighted by molar-refractivity contribution is 5.78. The molecule has 5 N–H and O–H groups in total. The first-order chi connectivity index (χ1) is 11.2. The van der Waals surface area contributed by atoms with Gasteiger partial charge in [-0.25, -0.2) is 14.6 Å². The summed E-state index contributed by atoms with van der Waals surface area (Å²) < 4.78 is 0. The van der Waals surface area contributed by atoms with E-state index >= 15 is 0 Å². The van der Waals surface area contributed by atoms with Crippen LogP contribution in [0.3, 0.4) is 0 Å². The Morgan fingerprint density at radius 2 is 1.96 bits per heavy atom. The van der Waals surface area contributed by atoms with Crippen molar-refractivity contribution in [2.24, 2.45) is 5.92 Å². The Balaban J connectivity index is 2.86. The summed E-state index contributed by atoms with van der Waals surface area (Å²) in [7, 11) is 0. The molecule has 0 aliphatic heterocycles. The van der Waals surface area contributed by atoms with Gasteiger partial charge in [-0.2, -0.15) is 0 Å². The minimum atomic E-state index is -1.73. The number of rotatable bonds is 9. The van der Waals surface area contributed by atoms with E-state index < -0.39 is 43.1 Å². The minimum Gasteiger partial charge on any atom is -0.481 e. The number of aromatic amines is 1. The first-order valence-corrected chi connectivity index (χ1v) is 7.38. The second-order valence-corrected chi connectivity index (χ2v) is 5.73. The van der Waals surface area contributed by atoms with E-state index in [-0.39, 0.29) is 18.3 Å². The maximum absolute atomic E-state index is 12.4. The van der Waals surface area contributed by atoms with Crippen molar-refractivity contribution in [2.45, 2.75) is 32.4 Å². The van der Waals surface area contributed by atoms with Gasteiger partial charge in [0.15, 0.2) is 6.10 Å². The van der Waals surface area contributed by atoms with Crippen LogP contribution in [-0.2, 0) is 9.59 Å². The number of nitrogens with one attached hydrogen (secondary N) is 2. The molecule has 0 aliphatic rings. The second-order valence-electron chi connectivity index (χ2n) is 5.73. The van der Waals surface area contributed by atoms with Crippen molar-refractivity contribution in [1.82, 2.24) is 20.2 Å². The maximum atomic E-state index is 12.4. The van der Waals surface area contributed by atoms with E-state index in [1.54, 1.807) is 0 Å². The van der Waals surface area contributed by atoms with Crippen molar-refractivity contribution in [3.63, 3.8) is 0 Å². The Kier molecular flexibility index (Phi) is 7.18. The number of carboxylic acid groups (broad SMARTS) is 2. The average molecular weight is 342 g/mol. The molecular formula is C14H22N4O6. The number of carbonyl (C=O) groups excluding carboxylic acids is 1. The SMILES string of the molecule is CC(C)CN(CC(O)C(=O)O)C(=O)NC(CC(=O)O)c1ncc[nH]1. The molecule has 1 rings (SSSR count). The lowest BCUT2D eigenvalue weighted by Crippen LogP contribution is -2.48. The lowest BCUT2D eigenvalue weighted by atomic mass is 10.2. The number of aromatic nitrogens is 2. The normalized spacial score (nSPS) is 13.3. The van der Waals surface area contributed by atoms with Gasteiger partial charge in [0.05, 0.1) is 19.0 Å². The molecule has 1 heterocycles. The summed E-state index contributed by atoms with van der Waals surface area (Å²) >= 11 is 0. The third-order valence-corrected chi connectivity index (χ3v) is 3.08.